The Kier molecular flexibility index (Phi) is 6.42. The summed E-state index contributed by atoms with van der Waals surface area (Å²) in [5.74, 6) is -0.284. The Hall–Kier alpha value is -1.14. The summed E-state index contributed by atoms with van der Waals surface area (Å²) in [6.07, 6.45) is 2.40. The highest BCUT2D eigenvalue weighted by atomic mass is 16.5. The Balaban J connectivity index is 2.79. The minimum absolute atomic E-state index is 0.0508. The van der Waals surface area contributed by atoms with Gasteiger partial charge in [0.05, 0.1) is 13.7 Å². The largest absolute Gasteiger partial charge is 0.468 e. The number of hydrogen-bond donors (Lipinski definition) is 1. The molecule has 6 nitrogen and oxygen atoms in total. The van der Waals surface area contributed by atoms with Gasteiger partial charge >= 0.3 is 5.97 Å². The van der Waals surface area contributed by atoms with Crippen LogP contribution in [0.4, 0.5) is 0 Å². The number of nitrogens with two attached hydrogens (primary N) is 1. The molecule has 0 aromatic rings. The third-order valence-corrected chi connectivity index (χ3v) is 3.95. The molecule has 1 amide bonds. The van der Waals surface area contributed by atoms with E-state index in [1.165, 1.54) is 12.0 Å². The van der Waals surface area contributed by atoms with Crippen LogP contribution in [-0.2, 0) is 19.1 Å². The van der Waals surface area contributed by atoms with Gasteiger partial charge in [0.15, 0.2) is 0 Å². The van der Waals surface area contributed by atoms with E-state index < -0.39 is 11.5 Å². The fourth-order valence-electron chi connectivity index (χ4n) is 2.36. The minimum Gasteiger partial charge on any atom is -0.468 e. The molecular weight excluding hydrogens is 260 g/mol. The van der Waals surface area contributed by atoms with Crippen molar-refractivity contribution in [2.45, 2.75) is 38.6 Å². The number of nitrogens with zero attached hydrogens (tertiary/aromatic N) is 1. The zero-order valence-electron chi connectivity index (χ0n) is 12.7. The molecule has 0 aromatic heterocycles. The van der Waals surface area contributed by atoms with Gasteiger partial charge in [0.25, 0.3) is 0 Å². The van der Waals surface area contributed by atoms with Crippen LogP contribution in [0.1, 0.15) is 33.1 Å². The van der Waals surface area contributed by atoms with Gasteiger partial charge in [-0.3, -0.25) is 9.59 Å². The van der Waals surface area contributed by atoms with E-state index in [1.54, 1.807) is 0 Å². The first kappa shape index (κ1) is 16.9. The molecule has 116 valence electrons. The van der Waals surface area contributed by atoms with Crippen molar-refractivity contribution in [2.75, 3.05) is 33.4 Å². The lowest BCUT2D eigenvalue weighted by atomic mass is 9.96. The lowest BCUT2D eigenvalue weighted by Crippen LogP contribution is -2.57. The average Bonchev–Trinajstić information content (AvgIpc) is 2.90. The summed E-state index contributed by atoms with van der Waals surface area (Å²) in [6.45, 7) is 5.33. The van der Waals surface area contributed by atoms with E-state index >= 15 is 0 Å². The van der Waals surface area contributed by atoms with Gasteiger partial charge in [0.2, 0.25) is 5.91 Å². The number of esters is 1. The van der Waals surface area contributed by atoms with Crippen LogP contribution in [0.3, 0.4) is 0 Å². The molecule has 1 aliphatic rings. The second-order valence-electron chi connectivity index (χ2n) is 5.40. The highest BCUT2D eigenvalue weighted by molar-refractivity contribution is 5.89. The molecule has 0 radical (unpaired) electrons. The second kappa shape index (κ2) is 7.59. The minimum atomic E-state index is -1.000. The molecule has 1 heterocycles. The zero-order valence-corrected chi connectivity index (χ0v) is 12.7. The first-order valence-electron chi connectivity index (χ1n) is 7.19. The summed E-state index contributed by atoms with van der Waals surface area (Å²) >= 11 is 0. The fourth-order valence-corrected chi connectivity index (χ4v) is 2.36. The Bertz CT molecular complexity index is 336. The summed E-state index contributed by atoms with van der Waals surface area (Å²) in [5.41, 5.74) is 5.11. The van der Waals surface area contributed by atoms with Gasteiger partial charge in [-0.05, 0) is 12.3 Å². The lowest BCUT2D eigenvalue weighted by molar-refractivity contribution is -0.149. The Morgan fingerprint density at radius 2 is 2.05 bits per heavy atom. The van der Waals surface area contributed by atoms with Gasteiger partial charge in [0, 0.05) is 13.2 Å². The van der Waals surface area contributed by atoms with E-state index in [0.29, 0.717) is 25.5 Å². The van der Waals surface area contributed by atoms with Crippen LogP contribution in [0.2, 0.25) is 0 Å². The Morgan fingerprint density at radius 3 is 2.50 bits per heavy atom. The van der Waals surface area contributed by atoms with E-state index in [0.717, 1.165) is 12.8 Å². The molecule has 0 aliphatic carbocycles. The average molecular weight is 286 g/mol. The van der Waals surface area contributed by atoms with E-state index in [9.17, 15) is 9.59 Å². The molecule has 1 atom stereocenters. The van der Waals surface area contributed by atoms with Crippen molar-refractivity contribution in [3.63, 3.8) is 0 Å². The van der Waals surface area contributed by atoms with Crippen molar-refractivity contribution in [2.24, 2.45) is 11.7 Å². The molecule has 20 heavy (non-hydrogen) atoms. The molecule has 0 saturated carbocycles. The summed E-state index contributed by atoms with van der Waals surface area (Å²) in [7, 11) is 1.32. The van der Waals surface area contributed by atoms with Crippen molar-refractivity contribution in [3.05, 3.63) is 0 Å². The van der Waals surface area contributed by atoms with Crippen LogP contribution in [0.5, 0.6) is 0 Å². The molecule has 1 fully saturated rings. The summed E-state index contributed by atoms with van der Waals surface area (Å²) < 4.78 is 9.90. The number of hydrogen-bond acceptors (Lipinski definition) is 5. The Labute approximate surface area is 120 Å². The SMILES string of the molecule is CCC(CC)CN(CC(=O)OC)C(=O)C1(N)CCOC1. The quantitative estimate of drug-likeness (QED) is 0.691. The van der Waals surface area contributed by atoms with Crippen LogP contribution in [0.25, 0.3) is 0 Å². The smallest absolute Gasteiger partial charge is 0.325 e. The van der Waals surface area contributed by atoms with Crippen LogP contribution in [0, 0.1) is 5.92 Å². The number of rotatable bonds is 7. The molecule has 1 aliphatic heterocycles. The molecule has 2 N–H and O–H groups in total. The molecular formula is C14H26N2O4. The van der Waals surface area contributed by atoms with Gasteiger partial charge in [0.1, 0.15) is 12.1 Å². The maximum absolute atomic E-state index is 12.6. The van der Waals surface area contributed by atoms with Gasteiger partial charge in [-0.1, -0.05) is 26.7 Å². The molecule has 0 bridgehead atoms. The van der Waals surface area contributed by atoms with E-state index in [2.05, 4.69) is 18.6 Å². The maximum atomic E-state index is 12.6. The van der Waals surface area contributed by atoms with Gasteiger partial charge in [-0.15, -0.1) is 0 Å². The fraction of sp³-hybridized carbons (Fsp3) is 0.857. The van der Waals surface area contributed by atoms with Crippen LogP contribution in [0.15, 0.2) is 0 Å². The molecule has 1 saturated heterocycles. The van der Waals surface area contributed by atoms with Crippen molar-refractivity contribution in [1.82, 2.24) is 4.90 Å². The van der Waals surface area contributed by atoms with Gasteiger partial charge < -0.3 is 20.1 Å². The van der Waals surface area contributed by atoms with Crippen LogP contribution in [-0.4, -0.2) is 55.7 Å². The third-order valence-electron chi connectivity index (χ3n) is 3.95. The van der Waals surface area contributed by atoms with E-state index in [4.69, 9.17) is 10.5 Å². The van der Waals surface area contributed by atoms with Crippen molar-refractivity contribution in [3.8, 4) is 0 Å². The molecule has 0 spiro atoms. The van der Waals surface area contributed by atoms with E-state index in [-0.39, 0.29) is 19.1 Å². The van der Waals surface area contributed by atoms with Crippen LogP contribution >= 0.6 is 0 Å². The van der Waals surface area contributed by atoms with Crippen LogP contribution < -0.4 is 5.73 Å². The zero-order chi connectivity index (χ0) is 15.2. The van der Waals surface area contributed by atoms with Crippen molar-refractivity contribution >= 4 is 11.9 Å². The molecule has 6 heteroatoms. The van der Waals surface area contributed by atoms with Crippen molar-refractivity contribution < 1.29 is 19.1 Å². The number of carbonyl (C=O) groups excluding carboxylic acids is 2. The summed E-state index contributed by atoms with van der Waals surface area (Å²) in [5, 5.41) is 0. The van der Waals surface area contributed by atoms with Crippen molar-refractivity contribution in [1.29, 1.82) is 0 Å². The highest BCUT2D eigenvalue weighted by Gasteiger charge is 2.41. The monoisotopic (exact) mass is 286 g/mol. The Morgan fingerprint density at radius 1 is 1.40 bits per heavy atom. The summed E-state index contributed by atoms with van der Waals surface area (Å²) in [6, 6.07) is 0. The first-order valence-corrected chi connectivity index (χ1v) is 7.19. The first-order chi connectivity index (χ1) is 9.46. The standard InChI is InChI=1S/C14H26N2O4/c1-4-11(5-2)8-16(9-12(17)19-3)13(18)14(15)6-7-20-10-14/h11H,4-10,15H2,1-3H3. The normalized spacial score (nSPS) is 22.1. The lowest BCUT2D eigenvalue weighted by Gasteiger charge is -2.32. The predicted molar refractivity (Wildman–Crippen MR) is 75.0 cm³/mol. The predicted octanol–water partition coefficient (Wildman–Crippen LogP) is 0.542. The number of methoxy groups -OCH3 is 1. The maximum Gasteiger partial charge on any atom is 0.325 e. The molecule has 1 rings (SSSR count). The number of amides is 1. The highest BCUT2D eigenvalue weighted by Crippen LogP contribution is 2.20. The van der Waals surface area contributed by atoms with Gasteiger partial charge in [-0.2, -0.15) is 0 Å². The molecule has 1 unspecified atom stereocenters. The molecule has 0 aromatic carbocycles. The van der Waals surface area contributed by atoms with Gasteiger partial charge in [-0.25, -0.2) is 0 Å². The topological polar surface area (TPSA) is 81.9 Å². The number of ether oxygens (including phenoxy) is 2. The number of carbonyl (C=O) groups is 2. The second-order valence-corrected chi connectivity index (χ2v) is 5.40. The van der Waals surface area contributed by atoms with E-state index in [1.807, 2.05) is 0 Å². The third kappa shape index (κ3) is 4.18. The summed E-state index contributed by atoms with van der Waals surface area (Å²) in [4.78, 5) is 25.6.